The molecule has 5 aromatic rings. The van der Waals surface area contributed by atoms with Crippen LogP contribution in [-0.2, 0) is 11.3 Å². The molecule has 0 saturated carbocycles. The molecule has 2 aromatic carbocycles. The van der Waals surface area contributed by atoms with Gasteiger partial charge < -0.3 is 9.72 Å². The number of nitrogens with zero attached hydrogens (tertiary/aromatic N) is 2. The van der Waals surface area contributed by atoms with Crippen LogP contribution < -0.4 is 5.32 Å². The van der Waals surface area contributed by atoms with Crippen LogP contribution in [0.25, 0.3) is 22.2 Å². The molecular weight excluding hydrogens is 466 g/mol. The summed E-state index contributed by atoms with van der Waals surface area (Å²) in [6, 6.07) is 16.1. The number of aromatic amines is 1. The molecule has 3 heterocycles. The standard InChI is InChI=1S/C27H18F2N4O3/c28-21-8-9-22(33-27(35)36-15-16-5-2-1-3-6-16)24(29)23(21)25(34)20-14-32-26-19(20)11-18(13-31-26)17-7-4-10-30-12-17/h1-14H,15H2,(H,31,32)(H,33,35). The Morgan fingerprint density at radius 2 is 1.81 bits per heavy atom. The maximum absolute atomic E-state index is 15.3. The second-order valence-electron chi connectivity index (χ2n) is 7.86. The summed E-state index contributed by atoms with van der Waals surface area (Å²) in [6.07, 6.45) is 5.28. The van der Waals surface area contributed by atoms with E-state index in [0.29, 0.717) is 16.6 Å². The highest BCUT2D eigenvalue weighted by atomic mass is 19.1. The number of fused-ring (bicyclic) bond motifs is 1. The van der Waals surface area contributed by atoms with Crippen LogP contribution in [0.1, 0.15) is 21.5 Å². The molecule has 0 radical (unpaired) electrons. The number of pyridine rings is 2. The molecule has 0 atom stereocenters. The molecule has 0 aliphatic carbocycles. The van der Waals surface area contributed by atoms with Crippen molar-refractivity contribution in [1.29, 1.82) is 0 Å². The van der Waals surface area contributed by atoms with Crippen LogP contribution in [0.3, 0.4) is 0 Å². The average Bonchev–Trinajstić information content (AvgIpc) is 3.34. The van der Waals surface area contributed by atoms with Gasteiger partial charge in [0.1, 0.15) is 18.1 Å². The molecule has 2 N–H and O–H groups in total. The van der Waals surface area contributed by atoms with E-state index in [-0.39, 0.29) is 17.9 Å². The van der Waals surface area contributed by atoms with Gasteiger partial charge in [0, 0.05) is 46.9 Å². The summed E-state index contributed by atoms with van der Waals surface area (Å²) in [5.74, 6) is -3.17. The first kappa shape index (κ1) is 22.9. The van der Waals surface area contributed by atoms with E-state index < -0.39 is 29.1 Å². The number of carbonyl (C=O) groups is 2. The predicted octanol–water partition coefficient (Wildman–Crippen LogP) is 5.88. The van der Waals surface area contributed by atoms with Crippen molar-refractivity contribution in [3.63, 3.8) is 0 Å². The lowest BCUT2D eigenvalue weighted by Gasteiger charge is -2.11. The molecule has 0 aliphatic rings. The van der Waals surface area contributed by atoms with Gasteiger partial charge in [-0.3, -0.25) is 15.1 Å². The van der Waals surface area contributed by atoms with E-state index in [1.54, 1.807) is 55.0 Å². The van der Waals surface area contributed by atoms with Crippen LogP contribution in [0.2, 0.25) is 0 Å². The number of ketones is 1. The van der Waals surface area contributed by atoms with Gasteiger partial charge in [-0.15, -0.1) is 0 Å². The number of H-pyrrole nitrogens is 1. The Bertz CT molecular complexity index is 1570. The van der Waals surface area contributed by atoms with Gasteiger partial charge in [0.05, 0.1) is 11.3 Å². The number of carbonyl (C=O) groups excluding carboxylic acids is 2. The van der Waals surface area contributed by atoms with Crippen LogP contribution in [0, 0.1) is 11.6 Å². The van der Waals surface area contributed by atoms with E-state index in [1.807, 2.05) is 12.1 Å². The molecule has 36 heavy (non-hydrogen) atoms. The molecule has 178 valence electrons. The number of anilines is 1. The fraction of sp³-hybridized carbons (Fsp3) is 0.0370. The first-order chi connectivity index (χ1) is 17.5. The summed E-state index contributed by atoms with van der Waals surface area (Å²) in [6.45, 7) is -0.0388. The van der Waals surface area contributed by atoms with Crippen LogP contribution in [-0.4, -0.2) is 26.8 Å². The van der Waals surface area contributed by atoms with Crippen molar-refractivity contribution in [2.75, 3.05) is 5.32 Å². The summed E-state index contributed by atoms with van der Waals surface area (Å²) in [5.41, 5.74) is 1.42. The molecule has 0 spiro atoms. The number of hydrogen-bond acceptors (Lipinski definition) is 5. The quantitative estimate of drug-likeness (QED) is 0.293. The van der Waals surface area contributed by atoms with Gasteiger partial charge in [-0.25, -0.2) is 18.6 Å². The van der Waals surface area contributed by atoms with Crippen molar-refractivity contribution < 1.29 is 23.1 Å². The van der Waals surface area contributed by atoms with Crippen LogP contribution in [0.5, 0.6) is 0 Å². The monoisotopic (exact) mass is 484 g/mol. The molecule has 3 aromatic heterocycles. The number of aromatic nitrogens is 3. The van der Waals surface area contributed by atoms with Crippen molar-refractivity contribution in [3.05, 3.63) is 114 Å². The van der Waals surface area contributed by atoms with Crippen molar-refractivity contribution in [3.8, 4) is 11.1 Å². The average molecular weight is 484 g/mol. The fourth-order valence-corrected chi connectivity index (χ4v) is 3.74. The summed E-state index contributed by atoms with van der Waals surface area (Å²) in [7, 11) is 0. The molecule has 9 heteroatoms. The normalized spacial score (nSPS) is 10.8. The number of amides is 1. The zero-order valence-corrected chi connectivity index (χ0v) is 18.7. The Kier molecular flexibility index (Phi) is 6.19. The maximum Gasteiger partial charge on any atom is 0.412 e. The molecule has 1 amide bonds. The number of hydrogen-bond donors (Lipinski definition) is 2. The zero-order valence-electron chi connectivity index (χ0n) is 18.7. The smallest absolute Gasteiger partial charge is 0.412 e. The number of benzene rings is 2. The van der Waals surface area contributed by atoms with Crippen molar-refractivity contribution in [2.24, 2.45) is 0 Å². The Morgan fingerprint density at radius 1 is 0.972 bits per heavy atom. The van der Waals surface area contributed by atoms with Crippen LogP contribution in [0.4, 0.5) is 19.3 Å². The number of nitrogens with one attached hydrogen (secondary N) is 2. The highest BCUT2D eigenvalue weighted by Gasteiger charge is 2.25. The topological polar surface area (TPSA) is 97.0 Å². The van der Waals surface area contributed by atoms with Crippen molar-refractivity contribution in [1.82, 2.24) is 15.0 Å². The second-order valence-corrected chi connectivity index (χ2v) is 7.86. The lowest BCUT2D eigenvalue weighted by Crippen LogP contribution is -2.17. The van der Waals surface area contributed by atoms with E-state index in [1.165, 1.54) is 6.20 Å². The third-order valence-corrected chi connectivity index (χ3v) is 5.54. The minimum absolute atomic E-state index is 0.0323. The van der Waals surface area contributed by atoms with Gasteiger partial charge in [-0.05, 0) is 29.8 Å². The maximum atomic E-state index is 15.3. The van der Waals surface area contributed by atoms with Gasteiger partial charge in [-0.1, -0.05) is 36.4 Å². The molecule has 0 unspecified atom stereocenters. The summed E-state index contributed by atoms with van der Waals surface area (Å²) >= 11 is 0. The van der Waals surface area contributed by atoms with Gasteiger partial charge in [0.2, 0.25) is 5.78 Å². The van der Waals surface area contributed by atoms with E-state index in [0.717, 1.165) is 23.3 Å². The zero-order chi connectivity index (χ0) is 25.1. The third kappa shape index (κ3) is 4.54. The van der Waals surface area contributed by atoms with Gasteiger partial charge in [0.25, 0.3) is 0 Å². The molecule has 0 fully saturated rings. The van der Waals surface area contributed by atoms with Crippen LogP contribution in [0.15, 0.2) is 85.5 Å². The predicted molar refractivity (Wildman–Crippen MR) is 129 cm³/mol. The first-order valence-electron chi connectivity index (χ1n) is 10.9. The van der Waals surface area contributed by atoms with E-state index in [9.17, 15) is 14.0 Å². The summed E-state index contributed by atoms with van der Waals surface area (Å²) in [5, 5.41) is 2.62. The lowest BCUT2D eigenvalue weighted by atomic mass is 10.00. The van der Waals surface area contributed by atoms with E-state index >= 15 is 4.39 Å². The van der Waals surface area contributed by atoms with E-state index in [4.69, 9.17) is 4.74 Å². The first-order valence-corrected chi connectivity index (χ1v) is 10.9. The number of rotatable bonds is 6. The second kappa shape index (κ2) is 9.75. The highest BCUT2D eigenvalue weighted by Crippen LogP contribution is 2.29. The Balaban J connectivity index is 1.43. The van der Waals surface area contributed by atoms with Crippen LogP contribution >= 0.6 is 0 Å². The van der Waals surface area contributed by atoms with Gasteiger partial charge >= 0.3 is 6.09 Å². The molecule has 5 rings (SSSR count). The van der Waals surface area contributed by atoms with Crippen molar-refractivity contribution >= 4 is 28.6 Å². The lowest BCUT2D eigenvalue weighted by molar-refractivity contribution is 0.103. The minimum atomic E-state index is -1.21. The fourth-order valence-electron chi connectivity index (χ4n) is 3.74. The summed E-state index contributed by atoms with van der Waals surface area (Å²) < 4.78 is 35.1. The third-order valence-electron chi connectivity index (χ3n) is 5.54. The highest BCUT2D eigenvalue weighted by molar-refractivity contribution is 6.17. The SMILES string of the molecule is O=C(Nc1ccc(F)c(C(=O)c2c[nH]c3ncc(-c4cccnc4)cc23)c1F)OCc1ccccc1. The molecule has 0 bridgehead atoms. The van der Waals surface area contributed by atoms with Crippen molar-refractivity contribution in [2.45, 2.75) is 6.61 Å². The Labute approximate surface area is 203 Å². The van der Waals surface area contributed by atoms with E-state index in [2.05, 4.69) is 20.3 Å². The molecule has 0 aliphatic heterocycles. The molecule has 0 saturated heterocycles. The number of halogens is 2. The minimum Gasteiger partial charge on any atom is -0.444 e. The Morgan fingerprint density at radius 3 is 2.58 bits per heavy atom. The summed E-state index contributed by atoms with van der Waals surface area (Å²) in [4.78, 5) is 36.7. The largest absolute Gasteiger partial charge is 0.444 e. The Hall–Kier alpha value is -4.92. The molecular formula is C27H18F2N4O3. The molecule has 7 nitrogen and oxygen atoms in total. The number of ether oxygens (including phenoxy) is 1. The van der Waals surface area contributed by atoms with Gasteiger partial charge in [0.15, 0.2) is 5.82 Å². The van der Waals surface area contributed by atoms with Gasteiger partial charge in [-0.2, -0.15) is 0 Å².